The molecule has 0 aliphatic carbocycles. The molecule has 20 heavy (non-hydrogen) atoms. The number of methoxy groups -OCH3 is 1. The minimum atomic E-state index is -0.904. The lowest BCUT2D eigenvalue weighted by atomic mass is 10.1. The number of hydrogen-bond donors (Lipinski definition) is 2. The van der Waals surface area contributed by atoms with E-state index in [1.54, 1.807) is 6.92 Å². The van der Waals surface area contributed by atoms with Gasteiger partial charge in [0.15, 0.2) is 0 Å². The van der Waals surface area contributed by atoms with Crippen LogP contribution in [0.5, 0.6) is 5.75 Å². The zero-order valence-electron chi connectivity index (χ0n) is 11.1. The van der Waals surface area contributed by atoms with Crippen LogP contribution in [0, 0.1) is 5.92 Å². The summed E-state index contributed by atoms with van der Waals surface area (Å²) in [6.07, 6.45) is -0.0151. The van der Waals surface area contributed by atoms with Crippen LogP contribution in [0.3, 0.4) is 0 Å². The summed E-state index contributed by atoms with van der Waals surface area (Å²) in [5, 5.41) is 11.8. The van der Waals surface area contributed by atoms with Gasteiger partial charge in [0.2, 0.25) is 0 Å². The lowest BCUT2D eigenvalue weighted by molar-refractivity contribution is -0.137. The van der Waals surface area contributed by atoms with Gasteiger partial charge in [0.25, 0.3) is 5.91 Å². The number of carbonyl (C=O) groups excluding carboxylic acids is 1. The number of carboxylic acids is 1. The van der Waals surface area contributed by atoms with Crippen molar-refractivity contribution < 1.29 is 19.4 Å². The molecule has 1 amide bonds. The van der Waals surface area contributed by atoms with Crippen molar-refractivity contribution in [2.45, 2.75) is 13.3 Å². The first-order chi connectivity index (χ1) is 9.35. The van der Waals surface area contributed by atoms with Crippen LogP contribution in [0.15, 0.2) is 12.1 Å². The van der Waals surface area contributed by atoms with Gasteiger partial charge in [-0.15, -0.1) is 0 Å². The van der Waals surface area contributed by atoms with E-state index in [-0.39, 0.29) is 29.5 Å². The lowest BCUT2D eigenvalue weighted by Crippen LogP contribution is -2.29. The minimum absolute atomic E-state index is 0.0151. The molecule has 0 radical (unpaired) electrons. The maximum Gasteiger partial charge on any atom is 0.303 e. The van der Waals surface area contributed by atoms with Crippen molar-refractivity contribution in [3.05, 3.63) is 27.7 Å². The van der Waals surface area contributed by atoms with Gasteiger partial charge in [0, 0.05) is 19.0 Å². The largest absolute Gasteiger partial charge is 0.496 e. The van der Waals surface area contributed by atoms with E-state index in [1.807, 2.05) is 0 Å². The summed E-state index contributed by atoms with van der Waals surface area (Å²) in [5.41, 5.74) is 0.254. The molecule has 0 aliphatic rings. The SMILES string of the molecule is COc1cc(Cl)c(Cl)cc1C(=O)NCC(C)CC(=O)O. The molecular weight excluding hydrogens is 305 g/mol. The van der Waals surface area contributed by atoms with Gasteiger partial charge in [-0.3, -0.25) is 9.59 Å². The van der Waals surface area contributed by atoms with E-state index in [0.29, 0.717) is 10.8 Å². The summed E-state index contributed by atoms with van der Waals surface area (Å²) in [5.74, 6) is -1.16. The Morgan fingerprint density at radius 3 is 2.50 bits per heavy atom. The van der Waals surface area contributed by atoms with Gasteiger partial charge in [-0.2, -0.15) is 0 Å². The molecule has 0 heterocycles. The summed E-state index contributed by atoms with van der Waals surface area (Å²) in [6.45, 7) is 1.98. The van der Waals surface area contributed by atoms with Crippen molar-refractivity contribution in [2.75, 3.05) is 13.7 Å². The zero-order valence-corrected chi connectivity index (χ0v) is 12.6. The molecular formula is C13H15Cl2NO4. The Bertz CT molecular complexity index is 519. The highest BCUT2D eigenvalue weighted by atomic mass is 35.5. The van der Waals surface area contributed by atoms with Crippen LogP contribution in [-0.4, -0.2) is 30.6 Å². The van der Waals surface area contributed by atoms with Gasteiger partial charge in [-0.25, -0.2) is 0 Å². The number of ether oxygens (including phenoxy) is 1. The molecule has 0 fully saturated rings. The van der Waals surface area contributed by atoms with E-state index >= 15 is 0 Å². The van der Waals surface area contributed by atoms with Gasteiger partial charge < -0.3 is 15.2 Å². The first-order valence-corrected chi connectivity index (χ1v) is 6.63. The predicted octanol–water partition coefficient (Wildman–Crippen LogP) is 2.84. The number of amides is 1. The second kappa shape index (κ2) is 7.36. The van der Waals surface area contributed by atoms with Crippen molar-refractivity contribution in [2.24, 2.45) is 5.92 Å². The predicted molar refractivity (Wildman–Crippen MR) is 76.8 cm³/mol. The van der Waals surface area contributed by atoms with E-state index in [0.717, 1.165) is 0 Å². The van der Waals surface area contributed by atoms with E-state index in [9.17, 15) is 9.59 Å². The van der Waals surface area contributed by atoms with Crippen molar-refractivity contribution in [1.82, 2.24) is 5.32 Å². The number of carboxylic acid groups (broad SMARTS) is 1. The van der Waals surface area contributed by atoms with Crippen molar-refractivity contribution in [3.8, 4) is 5.75 Å². The third-order valence-electron chi connectivity index (χ3n) is 2.62. The minimum Gasteiger partial charge on any atom is -0.496 e. The van der Waals surface area contributed by atoms with Crippen LogP contribution >= 0.6 is 23.2 Å². The second-order valence-corrected chi connectivity index (χ2v) is 5.19. The topological polar surface area (TPSA) is 75.6 Å². The van der Waals surface area contributed by atoms with E-state index in [2.05, 4.69) is 5.32 Å². The Balaban J connectivity index is 2.77. The molecule has 2 N–H and O–H groups in total. The summed E-state index contributed by atoms with van der Waals surface area (Å²) >= 11 is 11.7. The average Bonchev–Trinajstić information content (AvgIpc) is 2.37. The van der Waals surface area contributed by atoms with E-state index in [1.165, 1.54) is 19.2 Å². The summed E-state index contributed by atoms with van der Waals surface area (Å²) in [6, 6.07) is 2.87. The van der Waals surface area contributed by atoms with Crippen LogP contribution in [0.4, 0.5) is 0 Å². The molecule has 1 unspecified atom stereocenters. The highest BCUT2D eigenvalue weighted by Gasteiger charge is 2.16. The van der Waals surface area contributed by atoms with E-state index in [4.69, 9.17) is 33.0 Å². The smallest absolute Gasteiger partial charge is 0.303 e. The maximum atomic E-state index is 12.0. The molecule has 0 spiro atoms. The first-order valence-electron chi connectivity index (χ1n) is 5.88. The Morgan fingerprint density at radius 1 is 1.35 bits per heavy atom. The number of carbonyl (C=O) groups is 2. The number of benzene rings is 1. The van der Waals surface area contributed by atoms with Crippen molar-refractivity contribution in [3.63, 3.8) is 0 Å². The molecule has 1 atom stereocenters. The number of hydrogen-bond acceptors (Lipinski definition) is 3. The fourth-order valence-electron chi connectivity index (χ4n) is 1.61. The standard InChI is InChI=1S/C13H15Cl2NO4/c1-7(3-12(17)18)6-16-13(19)8-4-9(14)10(15)5-11(8)20-2/h4-5,7H,3,6H2,1-2H3,(H,16,19)(H,17,18). The first kappa shape index (κ1) is 16.6. The fraction of sp³-hybridized carbons (Fsp3) is 0.385. The monoisotopic (exact) mass is 319 g/mol. The fourth-order valence-corrected chi connectivity index (χ4v) is 1.92. The molecule has 1 rings (SSSR count). The molecule has 0 bridgehead atoms. The highest BCUT2D eigenvalue weighted by Crippen LogP contribution is 2.30. The van der Waals surface area contributed by atoms with Crippen molar-refractivity contribution >= 4 is 35.1 Å². The Hall–Kier alpha value is -1.46. The van der Waals surface area contributed by atoms with Gasteiger partial charge in [-0.05, 0) is 12.0 Å². The van der Waals surface area contributed by atoms with E-state index < -0.39 is 11.9 Å². The normalized spacial score (nSPS) is 11.8. The zero-order chi connectivity index (χ0) is 15.3. The Labute approximate surface area is 126 Å². The van der Waals surface area contributed by atoms with Crippen LogP contribution in [0.1, 0.15) is 23.7 Å². The number of halogens is 2. The lowest BCUT2D eigenvalue weighted by Gasteiger charge is -2.13. The third kappa shape index (κ3) is 4.58. The summed E-state index contributed by atoms with van der Waals surface area (Å²) in [7, 11) is 1.42. The molecule has 5 nitrogen and oxygen atoms in total. The molecule has 0 aromatic heterocycles. The Kier molecular flexibility index (Phi) is 6.10. The number of rotatable bonds is 6. The average molecular weight is 320 g/mol. The van der Waals surface area contributed by atoms with Gasteiger partial charge in [0.05, 0.1) is 22.7 Å². The molecule has 1 aromatic rings. The molecule has 110 valence electrons. The van der Waals surface area contributed by atoms with Crippen LogP contribution < -0.4 is 10.1 Å². The molecule has 0 aliphatic heterocycles. The van der Waals surface area contributed by atoms with Crippen LogP contribution in [-0.2, 0) is 4.79 Å². The third-order valence-corrected chi connectivity index (χ3v) is 3.34. The van der Waals surface area contributed by atoms with Crippen LogP contribution in [0.25, 0.3) is 0 Å². The second-order valence-electron chi connectivity index (χ2n) is 4.38. The quantitative estimate of drug-likeness (QED) is 0.845. The maximum absolute atomic E-state index is 12.0. The van der Waals surface area contributed by atoms with Crippen molar-refractivity contribution in [1.29, 1.82) is 0 Å². The molecule has 0 saturated heterocycles. The molecule has 1 aromatic carbocycles. The summed E-state index contributed by atoms with van der Waals surface area (Å²) in [4.78, 5) is 22.6. The number of aliphatic carboxylic acids is 1. The molecule has 7 heteroatoms. The van der Waals surface area contributed by atoms with Gasteiger partial charge in [-0.1, -0.05) is 30.1 Å². The Morgan fingerprint density at radius 2 is 1.95 bits per heavy atom. The molecule has 0 saturated carbocycles. The number of nitrogens with one attached hydrogen (secondary N) is 1. The van der Waals surface area contributed by atoms with Crippen LogP contribution in [0.2, 0.25) is 10.0 Å². The van der Waals surface area contributed by atoms with Gasteiger partial charge in [0.1, 0.15) is 5.75 Å². The summed E-state index contributed by atoms with van der Waals surface area (Å²) < 4.78 is 5.08. The van der Waals surface area contributed by atoms with Gasteiger partial charge >= 0.3 is 5.97 Å². The highest BCUT2D eigenvalue weighted by molar-refractivity contribution is 6.42.